The van der Waals surface area contributed by atoms with Crippen LogP contribution in [-0.2, 0) is 52.3 Å². The molecule has 6 heavy (non-hydrogen) atoms. The predicted molar refractivity (Wildman–Crippen MR) is 17.9 cm³/mol. The van der Waals surface area contributed by atoms with Crippen molar-refractivity contribution in [1.29, 1.82) is 0 Å². The second kappa shape index (κ2) is 36.3. The third-order valence-electron chi connectivity index (χ3n) is 0. The van der Waals surface area contributed by atoms with Crippen molar-refractivity contribution in [2.45, 2.75) is 0 Å². The molecule has 0 spiro atoms. The van der Waals surface area contributed by atoms with Crippen molar-refractivity contribution < 1.29 is 52.3 Å². The van der Waals surface area contributed by atoms with Gasteiger partial charge in [0.25, 0.3) is 0 Å². The van der Waals surface area contributed by atoms with Gasteiger partial charge in [0.05, 0.1) is 0 Å². The van der Waals surface area contributed by atoms with Crippen LogP contribution in [0.3, 0.4) is 0 Å². The summed E-state index contributed by atoms with van der Waals surface area (Å²) in [5.41, 5.74) is 0. The third kappa shape index (κ3) is 24.6. The fourth-order valence-electron chi connectivity index (χ4n) is 0. The first-order valence-corrected chi connectivity index (χ1v) is 0. The van der Waals surface area contributed by atoms with Gasteiger partial charge in [-0.25, -0.2) is 0 Å². The zero-order valence-corrected chi connectivity index (χ0v) is 20.1. The van der Waals surface area contributed by atoms with E-state index in [1.807, 2.05) is 0 Å². The van der Waals surface area contributed by atoms with E-state index < -0.39 is 0 Å². The summed E-state index contributed by atoms with van der Waals surface area (Å²) >= 11 is 0. The smallest absolute Gasteiger partial charge is 2.00 e. The van der Waals surface area contributed by atoms with Gasteiger partial charge in [-0.2, -0.15) is 0 Å². The fourth-order valence-corrected chi connectivity index (χ4v) is 0. The van der Waals surface area contributed by atoms with Crippen molar-refractivity contribution in [2.75, 3.05) is 0 Å². The Kier molecular flexibility index (Phi) is 310. The van der Waals surface area contributed by atoms with Gasteiger partial charge in [-0.05, 0) is 0 Å². The average Bonchev–Trinajstić information content (AvgIpc) is 0. The quantitative estimate of drug-likeness (QED) is 0.318. The van der Waals surface area contributed by atoms with Crippen LogP contribution in [0.1, 0.15) is 0 Å². The molecule has 0 saturated heterocycles. The Bertz CT molecular complexity index is 15.5. The van der Waals surface area contributed by atoms with Gasteiger partial charge in [0.1, 0.15) is 0 Å². The van der Waals surface area contributed by atoms with Gasteiger partial charge in [0.15, 0.2) is 0 Å². The third-order valence-corrected chi connectivity index (χ3v) is 0. The molecule has 0 unspecified atom stereocenters. The molecular formula is CdGaInOPbZn. The summed E-state index contributed by atoms with van der Waals surface area (Å²) in [4.78, 5) is 0. The van der Waals surface area contributed by atoms with Gasteiger partial charge in [0, 0.05) is 92.4 Å². The van der Waals surface area contributed by atoms with E-state index in [0.29, 0.717) is 0 Å². The predicted octanol–water partition coefficient (Wildman–Crippen LogP) is -1.27. The van der Waals surface area contributed by atoms with Gasteiger partial charge in [-0.3, -0.25) is 0 Å². The maximum Gasteiger partial charge on any atom is 2.00 e. The van der Waals surface area contributed by atoms with Gasteiger partial charge >= 0.3 is 27.3 Å². The summed E-state index contributed by atoms with van der Waals surface area (Å²) in [6.45, 7) is 0. The summed E-state index contributed by atoms with van der Waals surface area (Å²) in [6, 6.07) is 0. The minimum atomic E-state index is 0. The SMILES string of the molecule is [Cd].[Ga].[In].[O-2].[Pb+2].[Zn]. The summed E-state index contributed by atoms with van der Waals surface area (Å²) in [7, 11) is 0. The maximum atomic E-state index is 0. The molecular weight excluding hydrogens is 586 g/mol. The van der Waals surface area contributed by atoms with Crippen LogP contribution >= 0.6 is 0 Å². The molecule has 0 heterocycles. The van der Waals surface area contributed by atoms with E-state index >= 15 is 0 Å². The van der Waals surface area contributed by atoms with Gasteiger partial charge in [-0.1, -0.05) is 0 Å². The molecule has 20 valence electrons. The summed E-state index contributed by atoms with van der Waals surface area (Å²) in [5, 5.41) is 0. The van der Waals surface area contributed by atoms with Crippen LogP contribution in [-0.4, -0.2) is 72.9 Å². The molecule has 1 nitrogen and oxygen atoms in total. The van der Waals surface area contributed by atoms with Gasteiger partial charge < -0.3 is 5.48 Å². The number of hydrogen-bond acceptors (Lipinski definition) is 0. The van der Waals surface area contributed by atoms with Crippen molar-refractivity contribution in [3.8, 4) is 0 Å². The van der Waals surface area contributed by atoms with E-state index in [9.17, 15) is 0 Å². The van der Waals surface area contributed by atoms with Crippen molar-refractivity contribution >= 4 is 72.9 Å². The molecule has 0 aromatic carbocycles. The first-order chi connectivity index (χ1) is 0. The Morgan fingerprint density at radius 3 is 1.00 bits per heavy atom. The van der Waals surface area contributed by atoms with E-state index in [1.54, 1.807) is 0 Å². The van der Waals surface area contributed by atoms with Crippen LogP contribution in [0.2, 0.25) is 0 Å². The first kappa shape index (κ1) is 51.2. The molecule has 0 N–H and O–H groups in total. The molecule has 0 aliphatic carbocycles. The van der Waals surface area contributed by atoms with Crippen LogP contribution in [0.5, 0.6) is 0 Å². The summed E-state index contributed by atoms with van der Waals surface area (Å²) < 4.78 is 0. The summed E-state index contributed by atoms with van der Waals surface area (Å²) in [5.74, 6) is 0. The zero-order valence-electron chi connectivity index (χ0n) is 3.48. The van der Waals surface area contributed by atoms with Crippen molar-refractivity contribution in [1.82, 2.24) is 0 Å². The molecule has 0 aliphatic rings. The van der Waals surface area contributed by atoms with Crippen LogP contribution in [0.15, 0.2) is 0 Å². The Morgan fingerprint density at radius 1 is 1.00 bits per heavy atom. The minimum absolute atomic E-state index is 0. The second-order valence-electron chi connectivity index (χ2n) is 0. The number of hydrogen-bond donors (Lipinski definition) is 0. The van der Waals surface area contributed by atoms with E-state index in [1.165, 1.54) is 0 Å². The van der Waals surface area contributed by atoms with E-state index in [0.717, 1.165) is 0 Å². The van der Waals surface area contributed by atoms with Crippen LogP contribution in [0.25, 0.3) is 0 Å². The molecule has 8 radical (unpaired) electrons. The monoisotopic (exact) mass is 586 g/mol. The zero-order chi connectivity index (χ0) is 0. The molecule has 0 aromatic rings. The largest absolute Gasteiger partial charge is 2.00 e. The van der Waals surface area contributed by atoms with E-state index in [2.05, 4.69) is 0 Å². The molecule has 0 fully saturated rings. The van der Waals surface area contributed by atoms with Crippen molar-refractivity contribution in [2.24, 2.45) is 0 Å². The van der Waals surface area contributed by atoms with E-state index in [-0.39, 0.29) is 125 Å². The van der Waals surface area contributed by atoms with Gasteiger partial charge in [-0.15, -0.1) is 0 Å². The molecule has 0 bridgehead atoms. The van der Waals surface area contributed by atoms with Crippen LogP contribution < -0.4 is 0 Å². The van der Waals surface area contributed by atoms with Crippen LogP contribution in [0.4, 0.5) is 0 Å². The van der Waals surface area contributed by atoms with Crippen LogP contribution in [0, 0.1) is 0 Å². The topological polar surface area (TPSA) is 28.5 Å². The standard InChI is InChI=1S/Cd.Ga.In.O.Pb.Zn/q;;;-2;+2;. The molecule has 0 aliphatic heterocycles. The summed E-state index contributed by atoms with van der Waals surface area (Å²) in [6.07, 6.45) is 0. The molecule has 0 aromatic heterocycles. The Labute approximate surface area is 122 Å². The second-order valence-corrected chi connectivity index (χ2v) is 0. The molecule has 0 atom stereocenters. The first-order valence-electron chi connectivity index (χ1n) is 0. The van der Waals surface area contributed by atoms with E-state index in [4.69, 9.17) is 0 Å². The number of rotatable bonds is 0. The average molecular weight is 586 g/mol. The normalized spacial score (nSPS) is 0. The van der Waals surface area contributed by atoms with Crippen molar-refractivity contribution in [3.63, 3.8) is 0 Å². The maximum absolute atomic E-state index is 0. The van der Waals surface area contributed by atoms with Gasteiger partial charge in [0.2, 0.25) is 0 Å². The molecule has 0 rings (SSSR count). The molecule has 0 amide bonds. The molecule has 0 saturated carbocycles. The Balaban J connectivity index is 0. The molecule has 6 heteroatoms. The minimum Gasteiger partial charge on any atom is -2.00 e. The Morgan fingerprint density at radius 2 is 1.00 bits per heavy atom. The fraction of sp³-hybridized carbons (Fsp3) is 0. The Hall–Kier alpha value is 3.93. The van der Waals surface area contributed by atoms with Crippen molar-refractivity contribution in [3.05, 3.63) is 0 Å².